The predicted octanol–water partition coefficient (Wildman–Crippen LogP) is -0.397. The Hall–Kier alpha value is -2.37. The van der Waals surface area contributed by atoms with Gasteiger partial charge in [-0.2, -0.15) is 0 Å². The van der Waals surface area contributed by atoms with E-state index in [1.54, 1.807) is 4.90 Å². The lowest BCUT2D eigenvalue weighted by Crippen LogP contribution is -2.52. The summed E-state index contributed by atoms with van der Waals surface area (Å²) in [5.74, 6) is -1.14. The van der Waals surface area contributed by atoms with Gasteiger partial charge in [-0.25, -0.2) is 0 Å². The van der Waals surface area contributed by atoms with Gasteiger partial charge in [0, 0.05) is 32.7 Å². The van der Waals surface area contributed by atoms with Crippen LogP contribution in [0, 0.1) is 0 Å². The van der Waals surface area contributed by atoms with Crippen LogP contribution >= 0.6 is 0 Å². The van der Waals surface area contributed by atoms with Crippen LogP contribution in [0.25, 0.3) is 0 Å². The lowest BCUT2D eigenvalue weighted by atomic mass is 10.2. The van der Waals surface area contributed by atoms with E-state index in [-0.39, 0.29) is 0 Å². The maximum Gasteiger partial charge on any atom is 0.312 e. The third-order valence-corrected chi connectivity index (χ3v) is 3.24. The molecule has 1 aromatic carbocycles. The monoisotopic (exact) mass is 275 g/mol. The molecule has 1 heterocycles. The minimum atomic E-state index is -0.603. The first-order valence-electron chi connectivity index (χ1n) is 6.51. The van der Waals surface area contributed by atoms with Crippen LogP contribution in [0.4, 0.5) is 0 Å². The number of rotatable bonds is 3. The third kappa shape index (κ3) is 3.57. The molecule has 1 aliphatic heterocycles. The maximum absolute atomic E-state index is 11.9. The first-order chi connectivity index (χ1) is 9.70. The molecule has 1 aromatic rings. The number of carbonyl (C=O) groups excluding carboxylic acids is 3. The summed E-state index contributed by atoms with van der Waals surface area (Å²) in [6.07, 6.45) is 0.761. The van der Waals surface area contributed by atoms with E-state index in [4.69, 9.17) is 0 Å². The maximum atomic E-state index is 11.9. The van der Waals surface area contributed by atoms with Gasteiger partial charge in [0.2, 0.25) is 6.41 Å². The Balaban J connectivity index is 1.80. The van der Waals surface area contributed by atoms with Crippen LogP contribution < -0.4 is 5.32 Å². The summed E-state index contributed by atoms with van der Waals surface area (Å²) >= 11 is 0. The van der Waals surface area contributed by atoms with Crippen LogP contribution in [-0.2, 0) is 20.9 Å². The Bertz CT molecular complexity index is 482. The minimum absolute atomic E-state index is 0.333. The standard InChI is InChI=1S/C14H17N3O3/c18-11-16-6-8-17(9-7-16)14(20)13(19)15-10-12-4-2-1-3-5-12/h1-5,11H,6-10H2,(H,15,19). The quantitative estimate of drug-likeness (QED) is 0.603. The van der Waals surface area contributed by atoms with Gasteiger partial charge in [0.05, 0.1) is 0 Å². The van der Waals surface area contributed by atoms with E-state index in [0.29, 0.717) is 32.7 Å². The molecule has 0 unspecified atom stereocenters. The molecule has 0 aromatic heterocycles. The Morgan fingerprint density at radius 1 is 1.10 bits per heavy atom. The Morgan fingerprint density at radius 3 is 2.35 bits per heavy atom. The molecule has 0 aliphatic carbocycles. The first-order valence-corrected chi connectivity index (χ1v) is 6.51. The highest BCUT2D eigenvalue weighted by Gasteiger charge is 2.25. The number of nitrogens with one attached hydrogen (secondary N) is 1. The van der Waals surface area contributed by atoms with Crippen molar-refractivity contribution in [1.29, 1.82) is 0 Å². The number of piperazine rings is 1. The fourth-order valence-electron chi connectivity index (χ4n) is 2.03. The molecule has 6 heteroatoms. The van der Waals surface area contributed by atoms with E-state index < -0.39 is 11.8 Å². The number of benzene rings is 1. The van der Waals surface area contributed by atoms with Gasteiger partial charge in [0.25, 0.3) is 0 Å². The van der Waals surface area contributed by atoms with Gasteiger partial charge in [-0.1, -0.05) is 30.3 Å². The van der Waals surface area contributed by atoms with Gasteiger partial charge < -0.3 is 15.1 Å². The molecule has 1 aliphatic rings. The lowest BCUT2D eigenvalue weighted by molar-refractivity contribution is -0.147. The summed E-state index contributed by atoms with van der Waals surface area (Å²) in [7, 11) is 0. The van der Waals surface area contributed by atoms with E-state index >= 15 is 0 Å². The highest BCUT2D eigenvalue weighted by molar-refractivity contribution is 6.35. The fourth-order valence-corrected chi connectivity index (χ4v) is 2.03. The van der Waals surface area contributed by atoms with E-state index in [1.165, 1.54) is 4.90 Å². The molecule has 3 amide bonds. The average Bonchev–Trinajstić information content (AvgIpc) is 2.53. The van der Waals surface area contributed by atoms with Gasteiger partial charge in [-0.3, -0.25) is 14.4 Å². The number of amides is 3. The molecular weight excluding hydrogens is 258 g/mol. The molecular formula is C14H17N3O3. The van der Waals surface area contributed by atoms with Crippen molar-refractivity contribution in [2.24, 2.45) is 0 Å². The molecule has 1 N–H and O–H groups in total. The Morgan fingerprint density at radius 2 is 1.75 bits per heavy atom. The van der Waals surface area contributed by atoms with Crippen LogP contribution in [0.1, 0.15) is 5.56 Å². The summed E-state index contributed by atoms with van der Waals surface area (Å²) in [5.41, 5.74) is 0.944. The average molecular weight is 275 g/mol. The highest BCUT2D eigenvalue weighted by Crippen LogP contribution is 2.01. The van der Waals surface area contributed by atoms with Gasteiger partial charge in [-0.05, 0) is 5.56 Å². The number of hydrogen-bond acceptors (Lipinski definition) is 3. The van der Waals surface area contributed by atoms with Crippen molar-refractivity contribution in [1.82, 2.24) is 15.1 Å². The molecule has 1 saturated heterocycles. The van der Waals surface area contributed by atoms with Crippen molar-refractivity contribution in [3.8, 4) is 0 Å². The minimum Gasteiger partial charge on any atom is -0.344 e. The second kappa shape index (κ2) is 6.70. The zero-order valence-corrected chi connectivity index (χ0v) is 11.1. The van der Waals surface area contributed by atoms with Crippen LogP contribution in [0.15, 0.2) is 30.3 Å². The summed E-state index contributed by atoms with van der Waals surface area (Å²) in [4.78, 5) is 37.3. The van der Waals surface area contributed by atoms with Crippen molar-refractivity contribution in [2.75, 3.05) is 26.2 Å². The largest absolute Gasteiger partial charge is 0.344 e. The van der Waals surface area contributed by atoms with Gasteiger partial charge >= 0.3 is 11.8 Å². The van der Waals surface area contributed by atoms with E-state index in [9.17, 15) is 14.4 Å². The molecule has 0 spiro atoms. The molecule has 20 heavy (non-hydrogen) atoms. The van der Waals surface area contributed by atoms with Crippen LogP contribution in [0.5, 0.6) is 0 Å². The summed E-state index contributed by atoms with van der Waals surface area (Å²) < 4.78 is 0. The third-order valence-electron chi connectivity index (χ3n) is 3.24. The molecule has 6 nitrogen and oxygen atoms in total. The Labute approximate surface area is 117 Å². The van der Waals surface area contributed by atoms with Crippen molar-refractivity contribution in [3.63, 3.8) is 0 Å². The SMILES string of the molecule is O=CN1CCN(C(=O)C(=O)NCc2ccccc2)CC1. The predicted molar refractivity (Wildman–Crippen MR) is 72.5 cm³/mol. The van der Waals surface area contributed by atoms with Gasteiger partial charge in [0.15, 0.2) is 0 Å². The second-order valence-electron chi connectivity index (χ2n) is 4.60. The molecule has 0 radical (unpaired) electrons. The number of nitrogens with zero attached hydrogens (tertiary/aromatic N) is 2. The molecule has 1 fully saturated rings. The summed E-state index contributed by atoms with van der Waals surface area (Å²) in [5, 5.41) is 2.61. The van der Waals surface area contributed by atoms with Crippen molar-refractivity contribution in [3.05, 3.63) is 35.9 Å². The first kappa shape index (κ1) is 14.0. The van der Waals surface area contributed by atoms with Crippen molar-refractivity contribution >= 4 is 18.2 Å². The zero-order chi connectivity index (χ0) is 14.4. The lowest BCUT2D eigenvalue weighted by Gasteiger charge is -2.31. The smallest absolute Gasteiger partial charge is 0.312 e. The highest BCUT2D eigenvalue weighted by atomic mass is 16.2. The van der Waals surface area contributed by atoms with Crippen LogP contribution in [0.3, 0.4) is 0 Å². The topological polar surface area (TPSA) is 69.7 Å². The van der Waals surface area contributed by atoms with Crippen molar-refractivity contribution < 1.29 is 14.4 Å². The van der Waals surface area contributed by atoms with Gasteiger partial charge in [-0.15, -0.1) is 0 Å². The van der Waals surface area contributed by atoms with Crippen LogP contribution in [-0.4, -0.2) is 54.2 Å². The van der Waals surface area contributed by atoms with E-state index in [2.05, 4.69) is 5.32 Å². The normalized spacial score (nSPS) is 14.8. The van der Waals surface area contributed by atoms with E-state index in [0.717, 1.165) is 12.0 Å². The van der Waals surface area contributed by atoms with Crippen LogP contribution in [0.2, 0.25) is 0 Å². The molecule has 0 atom stereocenters. The molecule has 106 valence electrons. The van der Waals surface area contributed by atoms with E-state index in [1.807, 2.05) is 30.3 Å². The van der Waals surface area contributed by atoms with Gasteiger partial charge in [0.1, 0.15) is 0 Å². The summed E-state index contributed by atoms with van der Waals surface area (Å²) in [6.45, 7) is 2.08. The second-order valence-corrected chi connectivity index (χ2v) is 4.60. The zero-order valence-electron chi connectivity index (χ0n) is 11.1. The number of carbonyl (C=O) groups is 3. The molecule has 0 bridgehead atoms. The number of hydrogen-bond donors (Lipinski definition) is 1. The summed E-state index contributed by atoms with van der Waals surface area (Å²) in [6, 6.07) is 9.41. The Kier molecular flexibility index (Phi) is 4.70. The van der Waals surface area contributed by atoms with Crippen molar-refractivity contribution in [2.45, 2.75) is 6.54 Å². The molecule has 0 saturated carbocycles. The molecule has 2 rings (SSSR count). The fraction of sp³-hybridized carbons (Fsp3) is 0.357.